The smallest absolute Gasteiger partial charge is 0.0364 e. The van der Waals surface area contributed by atoms with E-state index in [0.29, 0.717) is 0 Å². The van der Waals surface area contributed by atoms with Crippen molar-refractivity contribution in [3.05, 3.63) is 23.8 Å². The number of hydrogen-bond acceptors (Lipinski definition) is 2. The first-order valence-corrected chi connectivity index (χ1v) is 6.75. The van der Waals surface area contributed by atoms with Crippen molar-refractivity contribution in [2.75, 3.05) is 17.6 Å². The van der Waals surface area contributed by atoms with Crippen molar-refractivity contribution in [2.45, 2.75) is 39.5 Å². The Bertz CT molecular complexity index is 365. The fraction of sp³-hybridized carbons (Fsp3) is 0.600. The van der Waals surface area contributed by atoms with Crippen LogP contribution in [0.4, 0.5) is 11.4 Å². The van der Waals surface area contributed by atoms with E-state index in [0.717, 1.165) is 35.3 Å². The first kappa shape index (κ1) is 12.3. The number of rotatable bonds is 3. The maximum absolute atomic E-state index is 5.91. The molecule has 1 fully saturated rings. The van der Waals surface area contributed by atoms with Crippen LogP contribution in [0.15, 0.2) is 18.2 Å². The minimum atomic E-state index is 0.841. The van der Waals surface area contributed by atoms with Gasteiger partial charge in [-0.2, -0.15) is 0 Å². The summed E-state index contributed by atoms with van der Waals surface area (Å²) in [5, 5.41) is 3.52. The van der Waals surface area contributed by atoms with Crippen molar-refractivity contribution in [1.82, 2.24) is 0 Å². The standard InChI is InChI=1S/C15H24N2/c1-11-3-6-13(7-4-11)10-17-14-8-5-12(2)15(16)9-14/h5,8-9,11,13,17H,3-4,6-7,10,16H2,1-2H3. The lowest BCUT2D eigenvalue weighted by molar-refractivity contribution is 0.300. The predicted molar refractivity (Wildman–Crippen MR) is 75.2 cm³/mol. The summed E-state index contributed by atoms with van der Waals surface area (Å²) in [6.07, 6.45) is 5.52. The molecule has 2 rings (SSSR count). The molecule has 0 bridgehead atoms. The van der Waals surface area contributed by atoms with Gasteiger partial charge in [-0.25, -0.2) is 0 Å². The summed E-state index contributed by atoms with van der Waals surface area (Å²) in [4.78, 5) is 0. The zero-order valence-electron chi connectivity index (χ0n) is 11.0. The van der Waals surface area contributed by atoms with E-state index in [-0.39, 0.29) is 0 Å². The highest BCUT2D eigenvalue weighted by Gasteiger charge is 2.17. The molecule has 1 aromatic rings. The van der Waals surface area contributed by atoms with Gasteiger partial charge in [0.05, 0.1) is 0 Å². The van der Waals surface area contributed by atoms with E-state index in [9.17, 15) is 0 Å². The molecule has 1 saturated carbocycles. The number of nitrogens with two attached hydrogens (primary N) is 1. The third kappa shape index (κ3) is 3.39. The SMILES string of the molecule is Cc1ccc(NCC2CCC(C)CC2)cc1N. The van der Waals surface area contributed by atoms with Crippen LogP contribution in [0.25, 0.3) is 0 Å². The lowest BCUT2D eigenvalue weighted by atomic mass is 9.83. The Morgan fingerprint density at radius 1 is 1.24 bits per heavy atom. The summed E-state index contributed by atoms with van der Waals surface area (Å²) < 4.78 is 0. The molecular formula is C15H24N2. The van der Waals surface area contributed by atoms with Crippen molar-refractivity contribution in [3.8, 4) is 0 Å². The third-order valence-electron chi connectivity index (χ3n) is 4.01. The zero-order valence-corrected chi connectivity index (χ0v) is 11.0. The van der Waals surface area contributed by atoms with Gasteiger partial charge in [-0.1, -0.05) is 25.8 Å². The van der Waals surface area contributed by atoms with Crippen LogP contribution in [0.5, 0.6) is 0 Å². The van der Waals surface area contributed by atoms with Gasteiger partial charge in [0, 0.05) is 17.9 Å². The molecule has 0 saturated heterocycles. The maximum Gasteiger partial charge on any atom is 0.0364 e. The first-order chi connectivity index (χ1) is 8.15. The molecule has 2 heteroatoms. The van der Waals surface area contributed by atoms with Crippen LogP contribution in [0.2, 0.25) is 0 Å². The number of nitrogens with one attached hydrogen (secondary N) is 1. The van der Waals surface area contributed by atoms with Gasteiger partial charge < -0.3 is 11.1 Å². The lowest BCUT2D eigenvalue weighted by Gasteiger charge is -2.26. The van der Waals surface area contributed by atoms with E-state index in [2.05, 4.69) is 24.4 Å². The molecule has 0 spiro atoms. The molecule has 0 atom stereocenters. The van der Waals surface area contributed by atoms with Gasteiger partial charge in [0.15, 0.2) is 0 Å². The number of aryl methyl sites for hydroxylation is 1. The molecule has 3 N–H and O–H groups in total. The third-order valence-corrected chi connectivity index (χ3v) is 4.01. The molecule has 0 aliphatic heterocycles. The summed E-state index contributed by atoms with van der Waals surface area (Å²) in [5.74, 6) is 1.77. The average molecular weight is 232 g/mol. The van der Waals surface area contributed by atoms with Crippen molar-refractivity contribution >= 4 is 11.4 Å². The molecule has 1 aliphatic rings. The quantitative estimate of drug-likeness (QED) is 0.778. The zero-order chi connectivity index (χ0) is 12.3. The van der Waals surface area contributed by atoms with Crippen LogP contribution in [0.3, 0.4) is 0 Å². The van der Waals surface area contributed by atoms with Crippen LogP contribution in [-0.4, -0.2) is 6.54 Å². The Balaban J connectivity index is 1.83. The fourth-order valence-corrected chi connectivity index (χ4v) is 2.55. The van der Waals surface area contributed by atoms with E-state index >= 15 is 0 Å². The van der Waals surface area contributed by atoms with Gasteiger partial charge in [-0.05, 0) is 49.3 Å². The molecule has 0 radical (unpaired) electrons. The topological polar surface area (TPSA) is 38.0 Å². The highest BCUT2D eigenvalue weighted by atomic mass is 14.9. The van der Waals surface area contributed by atoms with Gasteiger partial charge >= 0.3 is 0 Å². The van der Waals surface area contributed by atoms with Crippen molar-refractivity contribution in [2.24, 2.45) is 11.8 Å². The van der Waals surface area contributed by atoms with Crippen LogP contribution in [-0.2, 0) is 0 Å². The summed E-state index contributed by atoms with van der Waals surface area (Å²) in [6.45, 7) is 5.50. The van der Waals surface area contributed by atoms with Crippen molar-refractivity contribution < 1.29 is 0 Å². The lowest BCUT2D eigenvalue weighted by Crippen LogP contribution is -2.20. The molecule has 0 unspecified atom stereocenters. The molecule has 2 nitrogen and oxygen atoms in total. The Morgan fingerprint density at radius 3 is 2.59 bits per heavy atom. The summed E-state index contributed by atoms with van der Waals surface area (Å²) in [5.41, 5.74) is 9.10. The van der Waals surface area contributed by atoms with Crippen molar-refractivity contribution in [3.63, 3.8) is 0 Å². The van der Waals surface area contributed by atoms with E-state index in [1.807, 2.05) is 13.0 Å². The minimum Gasteiger partial charge on any atom is -0.398 e. The molecule has 17 heavy (non-hydrogen) atoms. The second-order valence-corrected chi connectivity index (χ2v) is 5.58. The second kappa shape index (κ2) is 5.44. The molecule has 0 aromatic heterocycles. The van der Waals surface area contributed by atoms with E-state index in [1.54, 1.807) is 0 Å². The average Bonchev–Trinajstić information content (AvgIpc) is 2.33. The highest BCUT2D eigenvalue weighted by Crippen LogP contribution is 2.28. The van der Waals surface area contributed by atoms with E-state index in [1.165, 1.54) is 25.7 Å². The van der Waals surface area contributed by atoms with Gasteiger partial charge in [0.25, 0.3) is 0 Å². The summed E-state index contributed by atoms with van der Waals surface area (Å²) in [7, 11) is 0. The maximum atomic E-state index is 5.91. The number of nitrogen functional groups attached to an aromatic ring is 1. The van der Waals surface area contributed by atoms with Crippen LogP contribution in [0, 0.1) is 18.8 Å². The van der Waals surface area contributed by atoms with Gasteiger partial charge in [0.1, 0.15) is 0 Å². The van der Waals surface area contributed by atoms with E-state index in [4.69, 9.17) is 5.73 Å². The predicted octanol–water partition coefficient (Wildman–Crippen LogP) is 3.82. The Labute approximate surface area is 105 Å². The molecule has 94 valence electrons. The van der Waals surface area contributed by atoms with Gasteiger partial charge in [0.2, 0.25) is 0 Å². The van der Waals surface area contributed by atoms with Crippen molar-refractivity contribution in [1.29, 1.82) is 0 Å². The van der Waals surface area contributed by atoms with Gasteiger partial charge in [-0.15, -0.1) is 0 Å². The number of anilines is 2. The number of benzene rings is 1. The highest BCUT2D eigenvalue weighted by molar-refractivity contribution is 5.58. The normalized spacial score (nSPS) is 24.6. The minimum absolute atomic E-state index is 0.841. The second-order valence-electron chi connectivity index (χ2n) is 5.58. The monoisotopic (exact) mass is 232 g/mol. The van der Waals surface area contributed by atoms with Crippen LogP contribution >= 0.6 is 0 Å². The molecule has 1 aromatic carbocycles. The van der Waals surface area contributed by atoms with Gasteiger partial charge in [-0.3, -0.25) is 0 Å². The molecule has 0 heterocycles. The largest absolute Gasteiger partial charge is 0.398 e. The van der Waals surface area contributed by atoms with Crippen LogP contribution in [0.1, 0.15) is 38.2 Å². The summed E-state index contributed by atoms with van der Waals surface area (Å²) in [6, 6.07) is 6.25. The molecular weight excluding hydrogens is 208 g/mol. The Kier molecular flexibility index (Phi) is 3.93. The Hall–Kier alpha value is -1.18. The number of hydrogen-bond donors (Lipinski definition) is 2. The fourth-order valence-electron chi connectivity index (χ4n) is 2.55. The first-order valence-electron chi connectivity index (χ1n) is 6.75. The summed E-state index contributed by atoms with van der Waals surface area (Å²) >= 11 is 0. The van der Waals surface area contributed by atoms with E-state index < -0.39 is 0 Å². The Morgan fingerprint density at radius 2 is 1.94 bits per heavy atom. The molecule has 1 aliphatic carbocycles. The molecule has 0 amide bonds. The van der Waals surface area contributed by atoms with Crippen LogP contribution < -0.4 is 11.1 Å².